The van der Waals surface area contributed by atoms with Gasteiger partial charge in [-0.25, -0.2) is 0 Å². The van der Waals surface area contributed by atoms with Crippen LogP contribution < -0.4 is 5.32 Å². The average Bonchev–Trinajstić information content (AvgIpc) is 2.98. The lowest BCUT2D eigenvalue weighted by molar-refractivity contribution is 0.0742. The minimum absolute atomic E-state index is 0.775. The van der Waals surface area contributed by atoms with E-state index in [1.165, 1.54) is 38.5 Å². The fourth-order valence-corrected chi connectivity index (χ4v) is 5.01. The minimum atomic E-state index is 0.775. The van der Waals surface area contributed by atoms with Gasteiger partial charge in [-0.05, 0) is 56.2 Å². The molecule has 1 aliphatic carbocycles. The molecule has 2 nitrogen and oxygen atoms in total. The summed E-state index contributed by atoms with van der Waals surface area (Å²) in [5.41, 5.74) is 3.21. The van der Waals surface area contributed by atoms with Crippen LogP contribution in [0.5, 0.6) is 0 Å². The van der Waals surface area contributed by atoms with Gasteiger partial charge in [0.25, 0.3) is 0 Å². The Morgan fingerprint density at radius 3 is 2.15 bits per heavy atom. The summed E-state index contributed by atoms with van der Waals surface area (Å²) < 4.78 is 0. The SMILES string of the molecule is CCNC1CC2CCC(C1)N2C1Cc2ccccc2C1. The van der Waals surface area contributed by atoms with Crippen molar-refractivity contribution in [3.63, 3.8) is 0 Å². The molecule has 108 valence electrons. The van der Waals surface area contributed by atoms with E-state index in [1.807, 2.05) is 0 Å². The second kappa shape index (κ2) is 5.16. The summed E-state index contributed by atoms with van der Waals surface area (Å²) in [6.45, 7) is 3.36. The second-order valence-electron chi connectivity index (χ2n) is 6.89. The molecule has 2 saturated heterocycles. The van der Waals surface area contributed by atoms with Crippen molar-refractivity contribution >= 4 is 0 Å². The molecule has 1 aromatic rings. The van der Waals surface area contributed by atoms with Crippen molar-refractivity contribution < 1.29 is 0 Å². The predicted molar refractivity (Wildman–Crippen MR) is 83.0 cm³/mol. The van der Waals surface area contributed by atoms with E-state index in [1.54, 1.807) is 11.1 Å². The second-order valence-corrected chi connectivity index (χ2v) is 6.89. The quantitative estimate of drug-likeness (QED) is 0.908. The lowest BCUT2D eigenvalue weighted by Gasteiger charge is -2.42. The smallest absolute Gasteiger partial charge is 0.0182 e. The van der Waals surface area contributed by atoms with Gasteiger partial charge < -0.3 is 5.32 Å². The number of fused-ring (bicyclic) bond motifs is 3. The van der Waals surface area contributed by atoms with Gasteiger partial charge in [-0.2, -0.15) is 0 Å². The number of rotatable bonds is 3. The maximum Gasteiger partial charge on any atom is 0.0182 e. The van der Waals surface area contributed by atoms with Crippen LogP contribution in [-0.4, -0.2) is 35.6 Å². The molecule has 1 N–H and O–H groups in total. The van der Waals surface area contributed by atoms with Crippen LogP contribution in [0.2, 0.25) is 0 Å². The van der Waals surface area contributed by atoms with E-state index in [4.69, 9.17) is 0 Å². The highest BCUT2D eigenvalue weighted by molar-refractivity contribution is 5.33. The largest absolute Gasteiger partial charge is 0.314 e. The number of hydrogen-bond acceptors (Lipinski definition) is 2. The molecule has 0 radical (unpaired) electrons. The van der Waals surface area contributed by atoms with Gasteiger partial charge >= 0.3 is 0 Å². The van der Waals surface area contributed by atoms with Gasteiger partial charge in [0.1, 0.15) is 0 Å². The van der Waals surface area contributed by atoms with Gasteiger partial charge in [-0.3, -0.25) is 4.90 Å². The van der Waals surface area contributed by atoms with Crippen LogP contribution in [0.3, 0.4) is 0 Å². The lowest BCUT2D eigenvalue weighted by atomic mass is 9.94. The summed E-state index contributed by atoms with van der Waals surface area (Å²) in [5.74, 6) is 0. The first-order valence-electron chi connectivity index (χ1n) is 8.42. The molecule has 2 heteroatoms. The molecule has 2 bridgehead atoms. The van der Waals surface area contributed by atoms with Crippen LogP contribution in [0.15, 0.2) is 24.3 Å². The summed E-state index contributed by atoms with van der Waals surface area (Å²) in [7, 11) is 0. The monoisotopic (exact) mass is 270 g/mol. The van der Waals surface area contributed by atoms with E-state index in [9.17, 15) is 0 Å². The third kappa shape index (κ3) is 2.10. The Balaban J connectivity index is 1.49. The maximum absolute atomic E-state index is 3.69. The highest BCUT2D eigenvalue weighted by Crippen LogP contribution is 2.40. The number of piperidine rings is 1. The Morgan fingerprint density at radius 2 is 1.60 bits per heavy atom. The molecule has 20 heavy (non-hydrogen) atoms. The molecule has 0 aromatic heterocycles. The number of nitrogens with one attached hydrogen (secondary N) is 1. The Kier molecular flexibility index (Phi) is 3.31. The van der Waals surface area contributed by atoms with Gasteiger partial charge in [0.15, 0.2) is 0 Å². The summed E-state index contributed by atoms with van der Waals surface area (Å²) in [6.07, 6.45) is 8.18. The van der Waals surface area contributed by atoms with Crippen LogP contribution >= 0.6 is 0 Å². The van der Waals surface area contributed by atoms with E-state index in [0.717, 1.165) is 30.7 Å². The van der Waals surface area contributed by atoms with Crippen molar-refractivity contribution in [1.82, 2.24) is 10.2 Å². The molecule has 3 aliphatic rings. The first-order chi connectivity index (χ1) is 9.85. The maximum atomic E-state index is 3.69. The van der Waals surface area contributed by atoms with Gasteiger partial charge in [-0.15, -0.1) is 0 Å². The van der Waals surface area contributed by atoms with Gasteiger partial charge in [0.2, 0.25) is 0 Å². The topological polar surface area (TPSA) is 15.3 Å². The Morgan fingerprint density at radius 1 is 1.00 bits per heavy atom. The van der Waals surface area contributed by atoms with Crippen LogP contribution in [0, 0.1) is 0 Å². The van der Waals surface area contributed by atoms with Crippen LogP contribution in [-0.2, 0) is 12.8 Å². The molecular formula is C18H26N2. The van der Waals surface area contributed by atoms with Crippen molar-refractivity contribution in [2.75, 3.05) is 6.54 Å². The zero-order valence-electron chi connectivity index (χ0n) is 12.5. The predicted octanol–water partition coefficient (Wildman–Crippen LogP) is 2.76. The fourth-order valence-electron chi connectivity index (χ4n) is 5.01. The van der Waals surface area contributed by atoms with Crippen LogP contribution in [0.4, 0.5) is 0 Å². The highest BCUT2D eigenvalue weighted by atomic mass is 15.3. The Bertz CT molecular complexity index is 445. The van der Waals surface area contributed by atoms with Gasteiger partial charge in [0.05, 0.1) is 0 Å². The molecule has 2 atom stereocenters. The number of benzene rings is 1. The van der Waals surface area contributed by atoms with Crippen molar-refractivity contribution in [1.29, 1.82) is 0 Å². The third-order valence-electron chi connectivity index (χ3n) is 5.73. The van der Waals surface area contributed by atoms with Crippen LogP contribution in [0.25, 0.3) is 0 Å². The first kappa shape index (κ1) is 12.8. The fraction of sp³-hybridized carbons (Fsp3) is 0.667. The van der Waals surface area contributed by atoms with E-state index in [-0.39, 0.29) is 0 Å². The molecule has 4 rings (SSSR count). The molecule has 0 saturated carbocycles. The van der Waals surface area contributed by atoms with Crippen molar-refractivity contribution in [3.05, 3.63) is 35.4 Å². The van der Waals surface area contributed by atoms with Gasteiger partial charge in [0, 0.05) is 24.2 Å². The molecular weight excluding hydrogens is 244 g/mol. The summed E-state index contributed by atoms with van der Waals surface area (Å²) in [5, 5.41) is 3.69. The van der Waals surface area contributed by atoms with E-state index >= 15 is 0 Å². The summed E-state index contributed by atoms with van der Waals surface area (Å²) in [4.78, 5) is 2.91. The molecule has 0 spiro atoms. The van der Waals surface area contributed by atoms with E-state index in [2.05, 4.69) is 41.4 Å². The average molecular weight is 270 g/mol. The van der Waals surface area contributed by atoms with Crippen molar-refractivity contribution in [2.24, 2.45) is 0 Å². The van der Waals surface area contributed by atoms with E-state index in [0.29, 0.717) is 0 Å². The zero-order valence-corrected chi connectivity index (χ0v) is 12.5. The molecule has 1 aromatic carbocycles. The molecule has 0 amide bonds. The zero-order chi connectivity index (χ0) is 13.5. The standard InChI is InChI=1S/C18H26N2/c1-2-19-15-11-16-7-8-17(12-15)20(16)18-9-13-5-3-4-6-14(13)10-18/h3-6,15-19H,2,7-12H2,1H3. The summed E-state index contributed by atoms with van der Waals surface area (Å²) >= 11 is 0. The molecule has 2 heterocycles. The van der Waals surface area contributed by atoms with Crippen molar-refractivity contribution in [2.45, 2.75) is 69.6 Å². The molecule has 2 fully saturated rings. The normalized spacial score (nSPS) is 33.5. The molecule has 2 aliphatic heterocycles. The Labute approximate surface area is 122 Å². The minimum Gasteiger partial charge on any atom is -0.314 e. The van der Waals surface area contributed by atoms with Gasteiger partial charge in [-0.1, -0.05) is 31.2 Å². The number of nitrogens with zero attached hydrogens (tertiary/aromatic N) is 1. The van der Waals surface area contributed by atoms with Crippen LogP contribution in [0.1, 0.15) is 43.7 Å². The first-order valence-corrected chi connectivity index (χ1v) is 8.42. The van der Waals surface area contributed by atoms with Crippen molar-refractivity contribution in [3.8, 4) is 0 Å². The molecule has 2 unspecified atom stereocenters. The number of hydrogen-bond donors (Lipinski definition) is 1. The lowest BCUT2D eigenvalue weighted by Crippen LogP contribution is -2.53. The highest BCUT2D eigenvalue weighted by Gasteiger charge is 2.44. The Hall–Kier alpha value is -0.860. The third-order valence-corrected chi connectivity index (χ3v) is 5.73. The summed E-state index contributed by atoms with van der Waals surface area (Å²) in [6, 6.07) is 12.3. The van der Waals surface area contributed by atoms with E-state index < -0.39 is 0 Å².